The van der Waals surface area contributed by atoms with Crippen LogP contribution in [-0.2, 0) is 0 Å². The first-order valence-corrected chi connectivity index (χ1v) is 8.68. The number of aromatic amines is 1. The van der Waals surface area contributed by atoms with Crippen molar-refractivity contribution in [1.29, 1.82) is 0 Å². The Kier molecular flexibility index (Phi) is 4.06. The van der Waals surface area contributed by atoms with E-state index in [9.17, 15) is 4.79 Å². The van der Waals surface area contributed by atoms with E-state index in [4.69, 9.17) is 11.6 Å². The number of benzene rings is 1. The Labute approximate surface area is 151 Å². The zero-order valence-electron chi connectivity index (χ0n) is 13.9. The Morgan fingerprint density at radius 1 is 1.32 bits per heavy atom. The molecule has 1 aliphatic rings. The number of carbonyl (C=O) groups excluding carboxylic acids is 1. The maximum absolute atomic E-state index is 12.6. The number of nitrogens with one attached hydrogen (secondary N) is 1. The number of nitrogens with zero attached hydrogens (tertiary/aromatic N) is 2. The van der Waals surface area contributed by atoms with Crippen molar-refractivity contribution >= 4 is 34.0 Å². The Hall–Kier alpha value is -2.59. The van der Waals surface area contributed by atoms with Crippen molar-refractivity contribution in [2.24, 2.45) is 0 Å². The van der Waals surface area contributed by atoms with Gasteiger partial charge in [-0.15, -0.1) is 0 Å². The van der Waals surface area contributed by atoms with E-state index in [1.165, 1.54) is 27.6 Å². The van der Waals surface area contributed by atoms with Crippen molar-refractivity contribution in [3.8, 4) is 0 Å². The van der Waals surface area contributed by atoms with E-state index >= 15 is 0 Å². The SMILES string of the molecule is Cc1cccc2c(C3=CCN(C(=O)c4ccnc(Cl)c4)CC3)c[nH]c12. The molecular weight excluding hydrogens is 334 g/mol. The minimum absolute atomic E-state index is 0.00521. The second kappa shape index (κ2) is 6.37. The number of pyridine rings is 1. The highest BCUT2D eigenvalue weighted by Gasteiger charge is 2.21. The molecule has 126 valence electrons. The number of para-hydroxylation sites is 1. The number of aromatic nitrogens is 2. The lowest BCUT2D eigenvalue weighted by Crippen LogP contribution is -2.34. The van der Waals surface area contributed by atoms with Crippen LogP contribution in [0.2, 0.25) is 5.15 Å². The van der Waals surface area contributed by atoms with Gasteiger partial charge in [0.25, 0.3) is 5.91 Å². The summed E-state index contributed by atoms with van der Waals surface area (Å²) in [6.07, 6.45) is 6.62. The summed E-state index contributed by atoms with van der Waals surface area (Å²) < 4.78 is 0. The Morgan fingerprint density at radius 3 is 2.96 bits per heavy atom. The largest absolute Gasteiger partial charge is 0.360 e. The van der Waals surface area contributed by atoms with Gasteiger partial charge >= 0.3 is 0 Å². The molecule has 0 unspecified atom stereocenters. The quantitative estimate of drug-likeness (QED) is 0.693. The monoisotopic (exact) mass is 351 g/mol. The zero-order valence-corrected chi connectivity index (χ0v) is 14.7. The second-order valence-electron chi connectivity index (χ2n) is 6.30. The molecule has 1 aliphatic heterocycles. The molecule has 1 amide bonds. The normalized spacial score (nSPS) is 14.6. The van der Waals surface area contributed by atoms with Gasteiger partial charge in [0.05, 0.1) is 0 Å². The number of aryl methyl sites for hydroxylation is 1. The van der Waals surface area contributed by atoms with Gasteiger partial charge in [0, 0.05) is 47.5 Å². The van der Waals surface area contributed by atoms with Crippen LogP contribution in [-0.4, -0.2) is 33.9 Å². The number of carbonyl (C=O) groups is 1. The molecule has 4 rings (SSSR count). The summed E-state index contributed by atoms with van der Waals surface area (Å²) in [5.41, 5.74) is 5.53. The van der Waals surface area contributed by atoms with E-state index < -0.39 is 0 Å². The molecule has 1 N–H and O–H groups in total. The van der Waals surface area contributed by atoms with Crippen molar-refractivity contribution < 1.29 is 4.79 Å². The lowest BCUT2D eigenvalue weighted by Gasteiger charge is -2.26. The number of rotatable bonds is 2. The maximum atomic E-state index is 12.6. The molecular formula is C20H18ClN3O. The number of hydrogen-bond donors (Lipinski definition) is 1. The van der Waals surface area contributed by atoms with Crippen LogP contribution < -0.4 is 0 Å². The molecule has 0 fully saturated rings. The lowest BCUT2D eigenvalue weighted by molar-refractivity contribution is 0.0773. The number of hydrogen-bond acceptors (Lipinski definition) is 2. The number of amides is 1. The van der Waals surface area contributed by atoms with Crippen LogP contribution in [0.3, 0.4) is 0 Å². The third-order valence-corrected chi connectivity index (χ3v) is 4.95. The molecule has 25 heavy (non-hydrogen) atoms. The minimum Gasteiger partial charge on any atom is -0.360 e. The first-order valence-electron chi connectivity index (χ1n) is 8.30. The minimum atomic E-state index is -0.00521. The third-order valence-electron chi connectivity index (χ3n) is 4.74. The molecule has 0 radical (unpaired) electrons. The van der Waals surface area contributed by atoms with Gasteiger partial charge in [0.15, 0.2) is 0 Å². The van der Waals surface area contributed by atoms with Crippen molar-refractivity contribution in [2.45, 2.75) is 13.3 Å². The first-order chi connectivity index (χ1) is 12.1. The molecule has 0 saturated carbocycles. The van der Waals surface area contributed by atoms with Crippen LogP contribution >= 0.6 is 11.6 Å². The topological polar surface area (TPSA) is 49.0 Å². The Morgan fingerprint density at radius 2 is 2.20 bits per heavy atom. The van der Waals surface area contributed by atoms with Gasteiger partial charge in [-0.2, -0.15) is 0 Å². The summed E-state index contributed by atoms with van der Waals surface area (Å²) in [5.74, 6) is -0.00521. The van der Waals surface area contributed by atoms with Crippen molar-refractivity contribution in [2.75, 3.05) is 13.1 Å². The van der Waals surface area contributed by atoms with Gasteiger partial charge in [0.1, 0.15) is 5.15 Å². The summed E-state index contributed by atoms with van der Waals surface area (Å²) in [6.45, 7) is 3.41. The molecule has 2 aromatic heterocycles. The highest BCUT2D eigenvalue weighted by molar-refractivity contribution is 6.29. The van der Waals surface area contributed by atoms with Crippen LogP contribution in [0.1, 0.15) is 27.9 Å². The average molecular weight is 352 g/mol. The van der Waals surface area contributed by atoms with Gasteiger partial charge in [-0.25, -0.2) is 4.98 Å². The van der Waals surface area contributed by atoms with Gasteiger partial charge in [-0.05, 0) is 36.6 Å². The molecule has 5 heteroatoms. The summed E-state index contributed by atoms with van der Waals surface area (Å²) in [5, 5.41) is 1.58. The Bertz CT molecular complexity index is 990. The average Bonchev–Trinajstić information content (AvgIpc) is 3.07. The standard InChI is InChI=1S/C20H18ClN3O/c1-13-3-2-4-16-17(12-23-19(13)16)14-6-9-24(10-7-14)20(25)15-5-8-22-18(21)11-15/h2-6,8,11-12,23H,7,9-10H2,1H3. The van der Waals surface area contributed by atoms with E-state index in [0.717, 1.165) is 6.42 Å². The van der Waals surface area contributed by atoms with E-state index in [1.54, 1.807) is 18.3 Å². The van der Waals surface area contributed by atoms with Gasteiger partial charge in [-0.3, -0.25) is 4.79 Å². The smallest absolute Gasteiger partial charge is 0.254 e. The molecule has 3 heterocycles. The highest BCUT2D eigenvalue weighted by atomic mass is 35.5. The molecule has 0 bridgehead atoms. The van der Waals surface area contributed by atoms with Crippen LogP contribution in [0.25, 0.3) is 16.5 Å². The summed E-state index contributed by atoms with van der Waals surface area (Å²) in [4.78, 5) is 21.8. The maximum Gasteiger partial charge on any atom is 0.254 e. The fourth-order valence-electron chi connectivity index (χ4n) is 3.39. The molecule has 3 aromatic rings. The Balaban J connectivity index is 1.58. The van der Waals surface area contributed by atoms with Crippen LogP contribution in [0.5, 0.6) is 0 Å². The van der Waals surface area contributed by atoms with Gasteiger partial charge in [-0.1, -0.05) is 35.9 Å². The van der Waals surface area contributed by atoms with E-state index in [0.29, 0.717) is 23.8 Å². The van der Waals surface area contributed by atoms with E-state index in [-0.39, 0.29) is 5.91 Å². The highest BCUT2D eigenvalue weighted by Crippen LogP contribution is 2.30. The van der Waals surface area contributed by atoms with Crippen molar-refractivity contribution in [3.05, 3.63) is 70.6 Å². The third kappa shape index (κ3) is 2.94. The van der Waals surface area contributed by atoms with Crippen molar-refractivity contribution in [1.82, 2.24) is 14.9 Å². The summed E-state index contributed by atoms with van der Waals surface area (Å²) >= 11 is 5.89. The number of fused-ring (bicyclic) bond motifs is 1. The number of halogens is 1. The van der Waals surface area contributed by atoms with Crippen molar-refractivity contribution in [3.63, 3.8) is 0 Å². The fourth-order valence-corrected chi connectivity index (χ4v) is 3.56. The first kappa shape index (κ1) is 15.9. The molecule has 4 nitrogen and oxygen atoms in total. The predicted molar refractivity (Wildman–Crippen MR) is 101 cm³/mol. The zero-order chi connectivity index (χ0) is 17.4. The lowest BCUT2D eigenvalue weighted by atomic mass is 9.98. The summed E-state index contributed by atoms with van der Waals surface area (Å²) in [7, 11) is 0. The van der Waals surface area contributed by atoms with Crippen LogP contribution in [0.4, 0.5) is 0 Å². The predicted octanol–water partition coefficient (Wildman–Crippen LogP) is 4.45. The molecule has 0 atom stereocenters. The summed E-state index contributed by atoms with van der Waals surface area (Å²) in [6, 6.07) is 9.66. The van der Waals surface area contributed by atoms with Gasteiger partial charge < -0.3 is 9.88 Å². The van der Waals surface area contributed by atoms with E-state index in [2.05, 4.69) is 47.4 Å². The fraction of sp³-hybridized carbons (Fsp3) is 0.200. The number of H-pyrrole nitrogens is 1. The van der Waals surface area contributed by atoms with Crippen LogP contribution in [0, 0.1) is 6.92 Å². The molecule has 0 aliphatic carbocycles. The molecule has 0 spiro atoms. The molecule has 0 saturated heterocycles. The van der Waals surface area contributed by atoms with E-state index in [1.807, 2.05) is 4.90 Å². The molecule has 1 aromatic carbocycles. The van der Waals surface area contributed by atoms with Crippen LogP contribution in [0.15, 0.2) is 48.8 Å². The second-order valence-corrected chi connectivity index (χ2v) is 6.68. The van der Waals surface area contributed by atoms with Gasteiger partial charge in [0.2, 0.25) is 0 Å².